The number of nitrogens with zero attached hydrogens (tertiary/aromatic N) is 2. The van der Waals surface area contributed by atoms with Gasteiger partial charge in [0.25, 0.3) is 0 Å². The molecule has 0 aromatic carbocycles. The van der Waals surface area contributed by atoms with E-state index in [9.17, 15) is 0 Å². The van der Waals surface area contributed by atoms with Crippen molar-refractivity contribution in [2.45, 2.75) is 38.6 Å². The van der Waals surface area contributed by atoms with Gasteiger partial charge in [0.1, 0.15) is 0 Å². The van der Waals surface area contributed by atoms with Crippen LogP contribution in [0.5, 0.6) is 0 Å². The van der Waals surface area contributed by atoms with Crippen LogP contribution in [0.3, 0.4) is 0 Å². The van der Waals surface area contributed by atoms with Gasteiger partial charge in [-0.05, 0) is 24.8 Å². The summed E-state index contributed by atoms with van der Waals surface area (Å²) in [4.78, 5) is 0. The molecule has 3 heteroatoms. The Balaban J connectivity index is 2.08. The molecular formula is C11H19N3. The maximum Gasteiger partial charge on any atom is 0.0625 e. The van der Waals surface area contributed by atoms with E-state index in [2.05, 4.69) is 18.1 Å². The third-order valence-corrected chi connectivity index (χ3v) is 2.99. The Labute approximate surface area is 85.3 Å². The molecule has 0 saturated heterocycles. The first-order valence-electron chi connectivity index (χ1n) is 5.49. The summed E-state index contributed by atoms with van der Waals surface area (Å²) < 4.78 is 1.94. The molecule has 1 unspecified atom stereocenters. The van der Waals surface area contributed by atoms with Crippen LogP contribution in [-0.4, -0.2) is 9.78 Å². The van der Waals surface area contributed by atoms with Crippen molar-refractivity contribution in [3.05, 3.63) is 17.5 Å². The number of hydrogen-bond acceptors (Lipinski definition) is 2. The van der Waals surface area contributed by atoms with Crippen LogP contribution in [0, 0.1) is 5.92 Å². The summed E-state index contributed by atoms with van der Waals surface area (Å²) in [7, 11) is 1.99. The van der Waals surface area contributed by atoms with Crippen molar-refractivity contribution >= 4 is 0 Å². The zero-order valence-corrected chi connectivity index (χ0v) is 9.03. The van der Waals surface area contributed by atoms with Crippen molar-refractivity contribution in [1.29, 1.82) is 0 Å². The summed E-state index contributed by atoms with van der Waals surface area (Å²) in [5, 5.41) is 4.41. The van der Waals surface area contributed by atoms with Gasteiger partial charge in [0.15, 0.2) is 0 Å². The highest BCUT2D eigenvalue weighted by atomic mass is 15.3. The zero-order valence-electron chi connectivity index (χ0n) is 9.03. The van der Waals surface area contributed by atoms with Gasteiger partial charge < -0.3 is 5.73 Å². The van der Waals surface area contributed by atoms with Gasteiger partial charge in [-0.2, -0.15) is 5.10 Å². The molecular weight excluding hydrogens is 174 g/mol. The van der Waals surface area contributed by atoms with Gasteiger partial charge in [-0.1, -0.05) is 19.8 Å². The minimum atomic E-state index is 0.181. The summed E-state index contributed by atoms with van der Waals surface area (Å²) in [6.45, 7) is 2.12. The van der Waals surface area contributed by atoms with E-state index in [1.54, 1.807) is 0 Å². The van der Waals surface area contributed by atoms with Crippen molar-refractivity contribution in [3.63, 3.8) is 0 Å². The molecule has 0 bridgehead atoms. The fourth-order valence-corrected chi connectivity index (χ4v) is 1.90. The smallest absolute Gasteiger partial charge is 0.0625 e. The van der Waals surface area contributed by atoms with Gasteiger partial charge >= 0.3 is 0 Å². The van der Waals surface area contributed by atoms with E-state index < -0.39 is 0 Å². The second-order valence-electron chi connectivity index (χ2n) is 4.32. The molecule has 0 aliphatic heterocycles. The lowest BCUT2D eigenvalue weighted by Gasteiger charge is -2.10. The Morgan fingerprint density at radius 1 is 1.64 bits per heavy atom. The maximum atomic E-state index is 6.14. The van der Waals surface area contributed by atoms with E-state index in [0.29, 0.717) is 0 Å². The van der Waals surface area contributed by atoms with Crippen LogP contribution in [0.15, 0.2) is 6.07 Å². The quantitative estimate of drug-likeness (QED) is 0.792. The lowest BCUT2D eigenvalue weighted by atomic mass is 10.1. The van der Waals surface area contributed by atoms with Gasteiger partial charge in [-0.3, -0.25) is 4.68 Å². The highest BCUT2D eigenvalue weighted by Gasteiger charge is 2.25. The average Bonchev–Trinajstić information content (AvgIpc) is 2.87. The summed E-state index contributed by atoms with van der Waals surface area (Å²) in [6, 6.07) is 2.33. The zero-order chi connectivity index (χ0) is 10.1. The van der Waals surface area contributed by atoms with E-state index in [1.807, 2.05) is 11.7 Å². The fraction of sp³-hybridized carbons (Fsp3) is 0.727. The molecule has 1 saturated carbocycles. The van der Waals surface area contributed by atoms with E-state index in [4.69, 9.17) is 5.73 Å². The molecule has 78 valence electrons. The second kappa shape index (κ2) is 3.73. The van der Waals surface area contributed by atoms with Crippen LogP contribution in [0.2, 0.25) is 0 Å². The van der Waals surface area contributed by atoms with Crippen LogP contribution in [0.4, 0.5) is 0 Å². The molecule has 1 aromatic heterocycles. The number of hydrogen-bond donors (Lipinski definition) is 1. The van der Waals surface area contributed by atoms with Gasteiger partial charge in [-0.25, -0.2) is 0 Å². The van der Waals surface area contributed by atoms with Gasteiger partial charge in [-0.15, -0.1) is 0 Å². The maximum absolute atomic E-state index is 6.14. The fourth-order valence-electron chi connectivity index (χ4n) is 1.90. The van der Waals surface area contributed by atoms with Gasteiger partial charge in [0.05, 0.1) is 11.4 Å². The first kappa shape index (κ1) is 9.71. The Bertz CT molecular complexity index is 312. The standard InChI is InChI=1S/C11H19N3/c1-3-9-7-11(14(2)13-9)10(12)6-8-4-5-8/h7-8,10H,3-6,12H2,1-2H3. The molecule has 1 aliphatic carbocycles. The van der Waals surface area contributed by atoms with Crippen LogP contribution in [0.1, 0.15) is 43.6 Å². The lowest BCUT2D eigenvalue weighted by Crippen LogP contribution is -2.15. The van der Waals surface area contributed by atoms with Crippen LogP contribution >= 0.6 is 0 Å². The molecule has 1 aromatic rings. The van der Waals surface area contributed by atoms with Crippen molar-refractivity contribution < 1.29 is 0 Å². The Morgan fingerprint density at radius 3 is 2.86 bits per heavy atom. The van der Waals surface area contributed by atoms with E-state index >= 15 is 0 Å². The molecule has 14 heavy (non-hydrogen) atoms. The summed E-state index contributed by atoms with van der Waals surface area (Å²) >= 11 is 0. The highest BCUT2D eigenvalue weighted by Crippen LogP contribution is 2.36. The minimum Gasteiger partial charge on any atom is -0.323 e. The molecule has 0 radical (unpaired) electrons. The second-order valence-corrected chi connectivity index (χ2v) is 4.32. The Kier molecular flexibility index (Phi) is 2.59. The van der Waals surface area contributed by atoms with Crippen LogP contribution in [-0.2, 0) is 13.5 Å². The number of aromatic nitrogens is 2. The number of aryl methyl sites for hydroxylation is 2. The van der Waals surface area contributed by atoms with Gasteiger partial charge in [0, 0.05) is 13.1 Å². The third kappa shape index (κ3) is 1.98. The van der Waals surface area contributed by atoms with Crippen molar-refractivity contribution in [1.82, 2.24) is 9.78 Å². The molecule has 2 N–H and O–H groups in total. The molecule has 1 aliphatic rings. The first-order valence-corrected chi connectivity index (χ1v) is 5.49. The molecule has 1 fully saturated rings. The monoisotopic (exact) mass is 193 g/mol. The first-order chi connectivity index (χ1) is 6.70. The summed E-state index contributed by atoms with van der Waals surface area (Å²) in [5.41, 5.74) is 8.48. The van der Waals surface area contributed by atoms with E-state index in [0.717, 1.165) is 24.5 Å². The predicted octanol–water partition coefficient (Wildman–Crippen LogP) is 1.78. The largest absolute Gasteiger partial charge is 0.323 e. The molecule has 1 atom stereocenters. The van der Waals surface area contributed by atoms with E-state index in [1.165, 1.54) is 18.5 Å². The molecule has 0 spiro atoms. The topological polar surface area (TPSA) is 43.8 Å². The lowest BCUT2D eigenvalue weighted by molar-refractivity contribution is 0.548. The molecule has 2 rings (SSSR count). The highest BCUT2D eigenvalue weighted by molar-refractivity contribution is 5.14. The molecule has 3 nitrogen and oxygen atoms in total. The third-order valence-electron chi connectivity index (χ3n) is 2.99. The van der Waals surface area contributed by atoms with Crippen molar-refractivity contribution in [3.8, 4) is 0 Å². The van der Waals surface area contributed by atoms with Gasteiger partial charge in [0.2, 0.25) is 0 Å². The molecule has 0 amide bonds. The van der Waals surface area contributed by atoms with Crippen molar-refractivity contribution in [2.24, 2.45) is 18.7 Å². The summed E-state index contributed by atoms with van der Waals surface area (Å²) in [6.07, 6.45) is 4.85. The normalized spacial score (nSPS) is 18.5. The predicted molar refractivity (Wildman–Crippen MR) is 56.9 cm³/mol. The van der Waals surface area contributed by atoms with Crippen molar-refractivity contribution in [2.75, 3.05) is 0 Å². The minimum absolute atomic E-state index is 0.181. The summed E-state index contributed by atoms with van der Waals surface area (Å²) in [5.74, 6) is 0.880. The molecule has 1 heterocycles. The number of nitrogens with two attached hydrogens (primary N) is 1. The Hall–Kier alpha value is -0.830. The number of rotatable bonds is 4. The Morgan fingerprint density at radius 2 is 2.36 bits per heavy atom. The average molecular weight is 193 g/mol. The van der Waals surface area contributed by atoms with Crippen LogP contribution in [0.25, 0.3) is 0 Å². The van der Waals surface area contributed by atoms with E-state index in [-0.39, 0.29) is 6.04 Å². The van der Waals surface area contributed by atoms with Crippen LogP contribution < -0.4 is 5.73 Å². The SMILES string of the molecule is CCc1cc(C(N)CC2CC2)n(C)n1.